The maximum Gasteiger partial charge on any atom is 0.349 e. The summed E-state index contributed by atoms with van der Waals surface area (Å²) in [6, 6.07) is 20.5. The molecule has 0 radical (unpaired) electrons. The number of rotatable bonds is 8. The first-order valence-electron chi connectivity index (χ1n) is 9.41. The molecule has 3 aromatic rings. The molecule has 0 fully saturated rings. The second-order valence-corrected chi connectivity index (χ2v) is 7.17. The molecule has 3 rings (SSSR count). The van der Waals surface area contributed by atoms with Gasteiger partial charge in [0.1, 0.15) is 5.75 Å². The zero-order chi connectivity index (χ0) is 22.2. The van der Waals surface area contributed by atoms with Crippen LogP contribution in [0.15, 0.2) is 71.2 Å². The summed E-state index contributed by atoms with van der Waals surface area (Å²) in [5.74, 6) is 0.144. The van der Waals surface area contributed by atoms with Gasteiger partial charge >= 0.3 is 5.97 Å². The Labute approximate surface area is 188 Å². The van der Waals surface area contributed by atoms with Crippen LogP contribution in [0.3, 0.4) is 0 Å². The van der Waals surface area contributed by atoms with E-state index in [1.165, 1.54) is 12.1 Å². The zero-order valence-corrected chi connectivity index (χ0v) is 18.2. The van der Waals surface area contributed by atoms with Crippen molar-refractivity contribution in [3.8, 4) is 23.3 Å². The van der Waals surface area contributed by atoms with Crippen molar-refractivity contribution in [2.75, 3.05) is 13.2 Å². The van der Waals surface area contributed by atoms with Gasteiger partial charge in [0, 0.05) is 17.2 Å². The molecule has 0 N–H and O–H groups in total. The van der Waals surface area contributed by atoms with Gasteiger partial charge in [-0.15, -0.1) is 0 Å². The van der Waals surface area contributed by atoms with Gasteiger partial charge in [-0.25, -0.2) is 4.79 Å². The third-order valence-electron chi connectivity index (χ3n) is 4.16. The fourth-order valence-electron chi connectivity index (χ4n) is 2.74. The highest BCUT2D eigenvalue weighted by Gasteiger charge is 2.17. The molecule has 0 saturated carbocycles. The van der Waals surface area contributed by atoms with Crippen molar-refractivity contribution in [2.24, 2.45) is 0 Å². The van der Waals surface area contributed by atoms with Crippen molar-refractivity contribution in [3.63, 3.8) is 0 Å². The molecule has 0 heterocycles. The highest BCUT2D eigenvalue weighted by Crippen LogP contribution is 2.37. The molecule has 3 aromatic carbocycles. The topological polar surface area (TPSA) is 85.6 Å². The minimum atomic E-state index is -0.643. The number of nitrogens with zero attached hydrogens (tertiary/aromatic N) is 1. The van der Waals surface area contributed by atoms with Crippen molar-refractivity contribution in [1.29, 1.82) is 5.26 Å². The quantitative estimate of drug-likeness (QED) is 0.258. The molecule has 0 aromatic heterocycles. The summed E-state index contributed by atoms with van der Waals surface area (Å²) in [6.45, 7) is 1.79. The molecule has 7 heteroatoms. The van der Waals surface area contributed by atoms with Gasteiger partial charge in [-0.1, -0.05) is 30.3 Å². The van der Waals surface area contributed by atoms with Gasteiger partial charge in [-0.2, -0.15) is 5.26 Å². The highest BCUT2D eigenvalue weighted by atomic mass is 79.9. The molecule has 0 unspecified atom stereocenters. The predicted molar refractivity (Wildman–Crippen MR) is 117 cm³/mol. The maximum atomic E-state index is 12.4. The molecule has 0 aliphatic heterocycles. The Balaban J connectivity index is 1.63. The molecule has 0 bridgehead atoms. The van der Waals surface area contributed by atoms with Gasteiger partial charge in [0.25, 0.3) is 0 Å². The second kappa shape index (κ2) is 10.4. The first-order chi connectivity index (χ1) is 15.0. The molecule has 156 valence electrons. The Morgan fingerprint density at radius 3 is 2.29 bits per heavy atom. The summed E-state index contributed by atoms with van der Waals surface area (Å²) in [5.41, 5.74) is 1.48. The Kier molecular flexibility index (Phi) is 7.41. The zero-order valence-electron chi connectivity index (χ0n) is 16.6. The van der Waals surface area contributed by atoms with Crippen LogP contribution in [0.1, 0.15) is 28.4 Å². The molecular formula is C24H18BrNO5. The Bertz CT molecular complexity index is 1120. The van der Waals surface area contributed by atoms with E-state index in [1.54, 1.807) is 55.5 Å². The Morgan fingerprint density at radius 2 is 1.65 bits per heavy atom. The molecular weight excluding hydrogens is 462 g/mol. The van der Waals surface area contributed by atoms with Crippen LogP contribution in [0.25, 0.3) is 0 Å². The van der Waals surface area contributed by atoms with Crippen LogP contribution in [0.2, 0.25) is 0 Å². The molecule has 0 atom stereocenters. The Hall–Kier alpha value is -3.63. The summed E-state index contributed by atoms with van der Waals surface area (Å²) in [7, 11) is 0. The van der Waals surface area contributed by atoms with Gasteiger partial charge in [0.05, 0.1) is 22.7 Å². The van der Waals surface area contributed by atoms with Gasteiger partial charge in [-0.05, 0) is 53.2 Å². The summed E-state index contributed by atoms with van der Waals surface area (Å²) in [6.07, 6.45) is 0. The molecule has 0 aliphatic rings. The molecule has 0 spiro atoms. The van der Waals surface area contributed by atoms with Crippen LogP contribution in [0, 0.1) is 11.3 Å². The van der Waals surface area contributed by atoms with E-state index in [1.807, 2.05) is 12.1 Å². The third kappa shape index (κ3) is 5.71. The average molecular weight is 480 g/mol. The minimum absolute atomic E-state index is 0.0966. The first-order valence-corrected chi connectivity index (χ1v) is 10.2. The van der Waals surface area contributed by atoms with Crippen molar-refractivity contribution in [3.05, 3.63) is 87.9 Å². The van der Waals surface area contributed by atoms with Crippen molar-refractivity contribution in [1.82, 2.24) is 0 Å². The number of ether oxygens (including phenoxy) is 3. The third-order valence-corrected chi connectivity index (χ3v) is 4.75. The molecule has 0 aliphatic carbocycles. The van der Waals surface area contributed by atoms with Crippen molar-refractivity contribution in [2.45, 2.75) is 6.92 Å². The monoisotopic (exact) mass is 479 g/mol. The van der Waals surface area contributed by atoms with E-state index in [9.17, 15) is 9.59 Å². The normalized spacial score (nSPS) is 10.1. The van der Waals surface area contributed by atoms with E-state index >= 15 is 0 Å². The summed E-state index contributed by atoms with van der Waals surface area (Å²) < 4.78 is 16.7. The van der Waals surface area contributed by atoms with Crippen molar-refractivity contribution >= 4 is 27.7 Å². The van der Waals surface area contributed by atoms with E-state index in [0.29, 0.717) is 33.5 Å². The molecule has 6 nitrogen and oxygen atoms in total. The second-order valence-electron chi connectivity index (χ2n) is 6.31. The van der Waals surface area contributed by atoms with Crippen LogP contribution in [-0.2, 0) is 4.79 Å². The first kappa shape index (κ1) is 22.1. The number of carbonyl (C=O) groups excluding carboxylic acids is 2. The lowest BCUT2D eigenvalue weighted by Gasteiger charge is -2.13. The smallest absolute Gasteiger partial charge is 0.349 e. The fraction of sp³-hybridized carbons (Fsp3) is 0.125. The lowest BCUT2D eigenvalue weighted by Crippen LogP contribution is -2.18. The summed E-state index contributed by atoms with van der Waals surface area (Å²) >= 11 is 3.29. The number of benzene rings is 3. The number of hydrogen-bond acceptors (Lipinski definition) is 6. The van der Waals surface area contributed by atoms with Crippen LogP contribution in [0.5, 0.6) is 17.2 Å². The standard InChI is InChI=1S/C24H18BrNO5/c1-2-29-21-13-16(14-26)12-20(25)24(21)31-22(27)15-30-19-10-8-18(9-11-19)23(28)17-6-4-3-5-7-17/h3-13H,2,15H2,1H3. The van der Waals surface area contributed by atoms with Crippen molar-refractivity contribution < 1.29 is 23.8 Å². The van der Waals surface area contributed by atoms with Crippen LogP contribution in [-0.4, -0.2) is 25.0 Å². The minimum Gasteiger partial charge on any atom is -0.490 e. The van der Waals surface area contributed by atoms with E-state index in [4.69, 9.17) is 19.5 Å². The largest absolute Gasteiger partial charge is 0.490 e. The van der Waals surface area contributed by atoms with Gasteiger partial charge in [0.15, 0.2) is 23.9 Å². The average Bonchev–Trinajstić information content (AvgIpc) is 2.80. The van der Waals surface area contributed by atoms with Gasteiger partial charge < -0.3 is 14.2 Å². The summed E-state index contributed by atoms with van der Waals surface area (Å²) in [4.78, 5) is 24.7. The van der Waals surface area contributed by atoms with Crippen LogP contribution in [0.4, 0.5) is 0 Å². The van der Waals surface area contributed by atoms with E-state index in [2.05, 4.69) is 15.9 Å². The Morgan fingerprint density at radius 1 is 0.968 bits per heavy atom. The predicted octanol–water partition coefficient (Wildman–Crippen LogP) is 4.93. The van der Waals surface area contributed by atoms with Gasteiger partial charge in [0.2, 0.25) is 0 Å². The lowest BCUT2D eigenvalue weighted by molar-refractivity contribution is -0.136. The number of esters is 1. The van der Waals surface area contributed by atoms with E-state index < -0.39 is 5.97 Å². The molecule has 0 amide bonds. The number of carbonyl (C=O) groups is 2. The van der Waals surface area contributed by atoms with Gasteiger partial charge in [-0.3, -0.25) is 4.79 Å². The maximum absolute atomic E-state index is 12.4. The molecule has 31 heavy (non-hydrogen) atoms. The van der Waals surface area contributed by atoms with E-state index in [0.717, 1.165) is 0 Å². The highest BCUT2D eigenvalue weighted by molar-refractivity contribution is 9.10. The summed E-state index contributed by atoms with van der Waals surface area (Å²) in [5, 5.41) is 9.08. The number of ketones is 1. The van der Waals surface area contributed by atoms with Crippen LogP contribution < -0.4 is 14.2 Å². The fourth-order valence-corrected chi connectivity index (χ4v) is 3.26. The van der Waals surface area contributed by atoms with E-state index in [-0.39, 0.29) is 23.9 Å². The van der Waals surface area contributed by atoms with Crippen LogP contribution >= 0.6 is 15.9 Å². The lowest BCUT2D eigenvalue weighted by atomic mass is 10.0. The number of nitriles is 1. The number of halogens is 1. The SMILES string of the molecule is CCOc1cc(C#N)cc(Br)c1OC(=O)COc1ccc(C(=O)c2ccccc2)cc1. The number of hydrogen-bond donors (Lipinski definition) is 0. The molecule has 0 saturated heterocycles.